The summed E-state index contributed by atoms with van der Waals surface area (Å²) in [6.45, 7) is 1.05. The number of ether oxygens (including phenoxy) is 1. The van der Waals surface area contributed by atoms with Gasteiger partial charge in [0.1, 0.15) is 5.82 Å². The van der Waals surface area contributed by atoms with E-state index in [-0.39, 0.29) is 5.56 Å². The highest BCUT2D eigenvalue weighted by atomic mass is 16.5. The third-order valence-corrected chi connectivity index (χ3v) is 4.25. The molecule has 0 radical (unpaired) electrons. The lowest BCUT2D eigenvalue weighted by atomic mass is 10.1. The van der Waals surface area contributed by atoms with E-state index >= 15 is 0 Å². The summed E-state index contributed by atoms with van der Waals surface area (Å²) >= 11 is 0. The zero-order valence-corrected chi connectivity index (χ0v) is 12.3. The minimum Gasteiger partial charge on any atom is -0.399 e. The molecule has 21 heavy (non-hydrogen) atoms. The minimum atomic E-state index is -0.00810. The quantitative estimate of drug-likeness (QED) is 0.876. The molecule has 1 heterocycles. The molecule has 2 N–H and O–H groups in total. The molecule has 1 saturated carbocycles. The highest BCUT2D eigenvalue weighted by Gasteiger charge is 2.23. The van der Waals surface area contributed by atoms with Crippen molar-refractivity contribution < 1.29 is 4.74 Å². The minimum absolute atomic E-state index is 0.00810. The molecule has 5 nitrogen and oxygen atoms in total. The predicted molar refractivity (Wildman–Crippen MR) is 83.5 cm³/mol. The first kappa shape index (κ1) is 14.1. The molecule has 2 aromatic rings. The van der Waals surface area contributed by atoms with E-state index in [4.69, 9.17) is 15.5 Å². The van der Waals surface area contributed by atoms with E-state index in [1.165, 1.54) is 12.8 Å². The molecule has 0 amide bonds. The van der Waals surface area contributed by atoms with Gasteiger partial charge < -0.3 is 10.5 Å². The lowest BCUT2D eigenvalue weighted by Gasteiger charge is -2.17. The normalized spacial score (nSPS) is 15.9. The first-order valence-electron chi connectivity index (χ1n) is 7.49. The van der Waals surface area contributed by atoms with Crippen LogP contribution in [0.2, 0.25) is 0 Å². The van der Waals surface area contributed by atoms with Crippen LogP contribution in [-0.2, 0) is 11.3 Å². The summed E-state index contributed by atoms with van der Waals surface area (Å²) in [6, 6.07) is 5.35. The number of nitrogens with zero attached hydrogens (tertiary/aromatic N) is 2. The van der Waals surface area contributed by atoms with Crippen LogP contribution < -0.4 is 11.3 Å². The van der Waals surface area contributed by atoms with Crippen LogP contribution in [0.3, 0.4) is 0 Å². The maximum Gasteiger partial charge on any atom is 0.261 e. The van der Waals surface area contributed by atoms with Gasteiger partial charge in [0.15, 0.2) is 0 Å². The van der Waals surface area contributed by atoms with Crippen molar-refractivity contribution in [1.29, 1.82) is 0 Å². The van der Waals surface area contributed by atoms with E-state index in [1.807, 2.05) is 6.07 Å². The van der Waals surface area contributed by atoms with Crippen molar-refractivity contribution in [2.75, 3.05) is 19.5 Å². The van der Waals surface area contributed by atoms with E-state index in [1.54, 1.807) is 23.8 Å². The van der Waals surface area contributed by atoms with Gasteiger partial charge in [0, 0.05) is 18.7 Å². The Bertz CT molecular complexity index is 702. The number of anilines is 1. The second kappa shape index (κ2) is 5.85. The van der Waals surface area contributed by atoms with Crippen molar-refractivity contribution >= 4 is 16.6 Å². The van der Waals surface area contributed by atoms with Crippen molar-refractivity contribution in [3.05, 3.63) is 34.4 Å². The molecule has 0 spiro atoms. The molecule has 1 aromatic heterocycles. The van der Waals surface area contributed by atoms with Crippen molar-refractivity contribution in [2.45, 2.75) is 38.1 Å². The maximum absolute atomic E-state index is 12.8. The molecule has 112 valence electrons. The number of fused-ring (bicyclic) bond motifs is 1. The summed E-state index contributed by atoms with van der Waals surface area (Å²) in [5.74, 6) is 1.29. The standard InChI is InChI=1S/C16H21N3O2/c1-21-9-8-19-15(11-4-2-3-5-11)18-14-7-6-12(17)10-13(14)16(19)20/h6-7,10-11H,2-5,8-9,17H2,1H3. The van der Waals surface area contributed by atoms with Gasteiger partial charge in [-0.15, -0.1) is 0 Å². The van der Waals surface area contributed by atoms with Gasteiger partial charge in [-0.1, -0.05) is 12.8 Å². The zero-order chi connectivity index (χ0) is 14.8. The molecule has 1 aliphatic rings. The lowest BCUT2D eigenvalue weighted by molar-refractivity contribution is 0.184. The van der Waals surface area contributed by atoms with Gasteiger partial charge in [0.2, 0.25) is 0 Å². The van der Waals surface area contributed by atoms with Crippen LogP contribution in [0.1, 0.15) is 37.4 Å². The fourth-order valence-electron chi connectivity index (χ4n) is 3.15. The van der Waals surface area contributed by atoms with Gasteiger partial charge >= 0.3 is 0 Å². The summed E-state index contributed by atoms with van der Waals surface area (Å²) in [5.41, 5.74) is 7.13. The second-order valence-corrected chi connectivity index (χ2v) is 5.68. The van der Waals surface area contributed by atoms with Crippen LogP contribution >= 0.6 is 0 Å². The van der Waals surface area contributed by atoms with Crippen LogP contribution in [0.5, 0.6) is 0 Å². The average molecular weight is 287 g/mol. The Balaban J connectivity index is 2.18. The highest BCUT2D eigenvalue weighted by Crippen LogP contribution is 2.33. The highest BCUT2D eigenvalue weighted by molar-refractivity contribution is 5.81. The number of nitrogens with two attached hydrogens (primary N) is 1. The van der Waals surface area contributed by atoms with Gasteiger partial charge in [-0.3, -0.25) is 9.36 Å². The Morgan fingerprint density at radius 1 is 1.38 bits per heavy atom. The molecule has 0 bridgehead atoms. The number of benzene rings is 1. The molecule has 3 rings (SSSR count). The molecule has 0 saturated heterocycles. The first-order chi connectivity index (χ1) is 10.2. The van der Waals surface area contributed by atoms with E-state index in [0.717, 1.165) is 24.2 Å². The van der Waals surface area contributed by atoms with Crippen LogP contribution in [0.25, 0.3) is 10.9 Å². The van der Waals surface area contributed by atoms with Crippen molar-refractivity contribution in [3.63, 3.8) is 0 Å². The Hall–Kier alpha value is -1.88. The Morgan fingerprint density at radius 3 is 2.86 bits per heavy atom. The van der Waals surface area contributed by atoms with Gasteiger partial charge in [-0.25, -0.2) is 4.98 Å². The molecule has 0 aliphatic heterocycles. The number of hydrogen-bond donors (Lipinski definition) is 1. The van der Waals surface area contributed by atoms with Crippen LogP contribution in [0.4, 0.5) is 5.69 Å². The first-order valence-corrected chi connectivity index (χ1v) is 7.49. The molecule has 0 unspecified atom stereocenters. The van der Waals surface area contributed by atoms with E-state index in [0.29, 0.717) is 30.1 Å². The fourth-order valence-corrected chi connectivity index (χ4v) is 3.15. The van der Waals surface area contributed by atoms with E-state index in [2.05, 4.69) is 0 Å². The lowest BCUT2D eigenvalue weighted by Crippen LogP contribution is -2.28. The second-order valence-electron chi connectivity index (χ2n) is 5.68. The fraction of sp³-hybridized carbons (Fsp3) is 0.500. The van der Waals surface area contributed by atoms with E-state index < -0.39 is 0 Å². The van der Waals surface area contributed by atoms with Gasteiger partial charge in [-0.2, -0.15) is 0 Å². The number of hydrogen-bond acceptors (Lipinski definition) is 4. The van der Waals surface area contributed by atoms with Gasteiger partial charge in [0.05, 0.1) is 24.1 Å². The third-order valence-electron chi connectivity index (χ3n) is 4.25. The summed E-state index contributed by atoms with van der Waals surface area (Å²) in [5, 5.41) is 0.591. The monoisotopic (exact) mass is 287 g/mol. The predicted octanol–water partition coefficient (Wildman–Crippen LogP) is 2.28. The Labute approximate surface area is 123 Å². The van der Waals surface area contributed by atoms with Crippen molar-refractivity contribution in [2.24, 2.45) is 0 Å². The van der Waals surface area contributed by atoms with E-state index in [9.17, 15) is 4.79 Å². The maximum atomic E-state index is 12.8. The summed E-state index contributed by atoms with van der Waals surface area (Å²) < 4.78 is 6.92. The van der Waals surface area contributed by atoms with Gasteiger partial charge in [-0.05, 0) is 31.0 Å². The molecular formula is C16H21N3O2. The van der Waals surface area contributed by atoms with Crippen molar-refractivity contribution in [3.8, 4) is 0 Å². The molecule has 0 atom stereocenters. The van der Waals surface area contributed by atoms with Crippen LogP contribution in [0, 0.1) is 0 Å². The largest absolute Gasteiger partial charge is 0.399 e. The molecule has 5 heteroatoms. The third kappa shape index (κ3) is 2.65. The van der Waals surface area contributed by atoms with Crippen molar-refractivity contribution in [1.82, 2.24) is 9.55 Å². The molecule has 1 fully saturated rings. The molecule has 1 aromatic carbocycles. The summed E-state index contributed by atoms with van der Waals surface area (Å²) in [7, 11) is 1.65. The molecular weight excluding hydrogens is 266 g/mol. The summed E-state index contributed by atoms with van der Waals surface area (Å²) in [6.07, 6.45) is 4.65. The number of methoxy groups -OCH3 is 1. The SMILES string of the molecule is COCCn1c(C2CCCC2)nc2ccc(N)cc2c1=O. The number of nitrogen functional groups attached to an aromatic ring is 1. The zero-order valence-electron chi connectivity index (χ0n) is 12.3. The van der Waals surface area contributed by atoms with Crippen LogP contribution in [0.15, 0.2) is 23.0 Å². The number of aromatic nitrogens is 2. The summed E-state index contributed by atoms with van der Waals surface area (Å²) in [4.78, 5) is 17.5. The smallest absolute Gasteiger partial charge is 0.261 e. The van der Waals surface area contributed by atoms with Gasteiger partial charge in [0.25, 0.3) is 5.56 Å². The number of rotatable bonds is 4. The Kier molecular flexibility index (Phi) is 3.92. The van der Waals surface area contributed by atoms with Crippen LogP contribution in [-0.4, -0.2) is 23.3 Å². The molecule has 1 aliphatic carbocycles. The average Bonchev–Trinajstić information content (AvgIpc) is 3.01. The Morgan fingerprint density at radius 2 is 2.14 bits per heavy atom. The topological polar surface area (TPSA) is 70.1 Å².